The number of benzene rings is 2. The van der Waals surface area contributed by atoms with E-state index in [0.717, 1.165) is 0 Å². The number of carbonyl (C=O) groups excluding carboxylic acids is 1. The van der Waals surface area contributed by atoms with Crippen LogP contribution in [-0.2, 0) is 24.8 Å². The Morgan fingerprint density at radius 3 is 2.45 bits per heavy atom. The second-order valence-corrected chi connectivity index (χ2v) is 10.5. The van der Waals surface area contributed by atoms with Gasteiger partial charge >= 0.3 is 5.97 Å². The second kappa shape index (κ2) is 9.15. The number of rotatable bonds is 7. The van der Waals surface area contributed by atoms with E-state index in [4.69, 9.17) is 9.47 Å². The average Bonchev–Trinajstić information content (AvgIpc) is 2.73. The van der Waals surface area contributed by atoms with Gasteiger partial charge in [-0.05, 0) is 62.2 Å². The minimum Gasteiger partial charge on any atom is -0.495 e. The summed E-state index contributed by atoms with van der Waals surface area (Å²) in [6.45, 7) is 2.21. The molecule has 0 unspecified atom stereocenters. The van der Waals surface area contributed by atoms with Crippen molar-refractivity contribution in [3.63, 3.8) is 0 Å². The van der Waals surface area contributed by atoms with Gasteiger partial charge in [-0.1, -0.05) is 0 Å². The molecule has 0 aromatic heterocycles. The van der Waals surface area contributed by atoms with Crippen LogP contribution in [0.2, 0.25) is 0 Å². The minimum absolute atomic E-state index is 0.0200. The molecule has 0 aliphatic carbocycles. The molecule has 2 aromatic carbocycles. The lowest BCUT2D eigenvalue weighted by atomic mass is 10.2. The predicted octanol–water partition coefficient (Wildman–Crippen LogP) is 2.60. The monoisotopic (exact) mass is 468 g/mol. The van der Waals surface area contributed by atoms with Gasteiger partial charge in [-0.2, -0.15) is 0 Å². The van der Waals surface area contributed by atoms with Gasteiger partial charge in [0, 0.05) is 12.2 Å². The fourth-order valence-electron chi connectivity index (χ4n) is 3.21. The third-order valence-electron chi connectivity index (χ3n) is 4.72. The maximum Gasteiger partial charge on any atom is 0.338 e. The van der Waals surface area contributed by atoms with Crippen molar-refractivity contribution >= 4 is 37.4 Å². The van der Waals surface area contributed by atoms with Crippen LogP contribution < -0.4 is 13.8 Å². The SMILES string of the molecule is CCOC(=O)c1ccc(NS(=O)(=O)c2cc(N3CCCCS3(=O)=O)ccc2OC)cc1. The van der Waals surface area contributed by atoms with Crippen molar-refractivity contribution in [3.8, 4) is 5.75 Å². The molecule has 1 fully saturated rings. The van der Waals surface area contributed by atoms with Crippen LogP contribution in [0, 0.1) is 0 Å². The highest BCUT2D eigenvalue weighted by Gasteiger charge is 2.28. The third-order valence-corrected chi connectivity index (χ3v) is 7.99. The van der Waals surface area contributed by atoms with Crippen molar-refractivity contribution in [2.45, 2.75) is 24.7 Å². The number of hydrogen-bond acceptors (Lipinski definition) is 7. The summed E-state index contributed by atoms with van der Waals surface area (Å²) in [5.74, 6) is -0.408. The van der Waals surface area contributed by atoms with Gasteiger partial charge < -0.3 is 9.47 Å². The van der Waals surface area contributed by atoms with E-state index in [-0.39, 0.29) is 40.9 Å². The van der Waals surface area contributed by atoms with Crippen molar-refractivity contribution < 1.29 is 31.1 Å². The normalized spacial score (nSPS) is 15.9. The molecule has 3 rings (SSSR count). The Morgan fingerprint density at radius 2 is 1.84 bits per heavy atom. The van der Waals surface area contributed by atoms with E-state index in [0.29, 0.717) is 18.4 Å². The van der Waals surface area contributed by atoms with E-state index < -0.39 is 26.0 Å². The molecule has 0 amide bonds. The molecule has 168 valence electrons. The molecule has 1 N–H and O–H groups in total. The van der Waals surface area contributed by atoms with E-state index >= 15 is 0 Å². The molecule has 0 atom stereocenters. The Kier molecular flexibility index (Phi) is 6.75. The Hall–Kier alpha value is -2.79. The van der Waals surface area contributed by atoms with Crippen LogP contribution >= 0.6 is 0 Å². The highest BCUT2D eigenvalue weighted by molar-refractivity contribution is 7.93. The first-order chi connectivity index (χ1) is 14.7. The fraction of sp³-hybridized carbons (Fsp3) is 0.350. The lowest BCUT2D eigenvalue weighted by Gasteiger charge is -2.28. The number of esters is 1. The zero-order valence-electron chi connectivity index (χ0n) is 17.2. The van der Waals surface area contributed by atoms with Crippen molar-refractivity contribution in [1.82, 2.24) is 0 Å². The van der Waals surface area contributed by atoms with Gasteiger partial charge in [-0.15, -0.1) is 0 Å². The van der Waals surface area contributed by atoms with Crippen LogP contribution in [0.3, 0.4) is 0 Å². The van der Waals surface area contributed by atoms with E-state index in [9.17, 15) is 21.6 Å². The number of methoxy groups -OCH3 is 1. The molecule has 1 heterocycles. The van der Waals surface area contributed by atoms with E-state index in [1.54, 1.807) is 6.92 Å². The van der Waals surface area contributed by atoms with Gasteiger partial charge in [0.2, 0.25) is 10.0 Å². The number of nitrogens with zero attached hydrogens (tertiary/aromatic N) is 1. The first kappa shape index (κ1) is 22.9. The van der Waals surface area contributed by atoms with Crippen LogP contribution in [0.15, 0.2) is 47.4 Å². The summed E-state index contributed by atoms with van der Waals surface area (Å²) < 4.78 is 64.7. The first-order valence-corrected chi connectivity index (χ1v) is 12.8. The molecule has 11 heteroatoms. The lowest BCUT2D eigenvalue weighted by molar-refractivity contribution is 0.0526. The number of carbonyl (C=O) groups is 1. The van der Waals surface area contributed by atoms with E-state index in [1.807, 2.05) is 0 Å². The van der Waals surface area contributed by atoms with Crippen LogP contribution in [0.25, 0.3) is 0 Å². The molecule has 0 radical (unpaired) electrons. The molecule has 31 heavy (non-hydrogen) atoms. The van der Waals surface area contributed by atoms with Gasteiger partial charge in [-0.3, -0.25) is 9.03 Å². The van der Waals surface area contributed by atoms with Crippen LogP contribution in [0.1, 0.15) is 30.1 Å². The lowest BCUT2D eigenvalue weighted by Crippen LogP contribution is -2.37. The van der Waals surface area contributed by atoms with Gasteiger partial charge in [0.1, 0.15) is 10.6 Å². The first-order valence-electron chi connectivity index (χ1n) is 9.66. The molecule has 9 nitrogen and oxygen atoms in total. The summed E-state index contributed by atoms with van der Waals surface area (Å²) in [6, 6.07) is 10.0. The molecule has 1 aliphatic heterocycles. The standard InChI is InChI=1S/C20H24N2O7S2/c1-3-29-20(23)15-6-8-16(9-7-15)21-31(26,27)19-14-17(10-11-18(19)28-2)22-12-4-5-13-30(22,24)25/h6-11,14,21H,3-5,12-13H2,1-2H3. The minimum atomic E-state index is -4.11. The highest BCUT2D eigenvalue weighted by Crippen LogP contribution is 2.32. The number of nitrogens with one attached hydrogen (secondary N) is 1. The molecule has 2 aromatic rings. The molecular formula is C20H24N2O7S2. The van der Waals surface area contributed by atoms with Crippen LogP contribution in [0.4, 0.5) is 11.4 Å². The second-order valence-electron chi connectivity index (χ2n) is 6.83. The summed E-state index contributed by atoms with van der Waals surface area (Å²) in [4.78, 5) is 11.6. The summed E-state index contributed by atoms with van der Waals surface area (Å²) in [6.07, 6.45) is 1.27. The Morgan fingerprint density at radius 1 is 1.13 bits per heavy atom. The zero-order valence-corrected chi connectivity index (χ0v) is 18.8. The quantitative estimate of drug-likeness (QED) is 0.620. The Bertz CT molecular complexity index is 1160. The molecule has 1 aliphatic rings. The maximum atomic E-state index is 13.0. The van der Waals surface area contributed by atoms with Gasteiger partial charge in [0.15, 0.2) is 0 Å². The van der Waals surface area contributed by atoms with Crippen LogP contribution in [0.5, 0.6) is 5.75 Å². The Labute approximate surface area is 182 Å². The smallest absolute Gasteiger partial charge is 0.338 e. The number of hydrogen-bond donors (Lipinski definition) is 1. The number of sulfonamides is 2. The highest BCUT2D eigenvalue weighted by atomic mass is 32.2. The molecule has 0 bridgehead atoms. The van der Waals surface area contributed by atoms with Gasteiger partial charge in [0.25, 0.3) is 10.0 Å². The fourth-order valence-corrected chi connectivity index (χ4v) is 6.09. The van der Waals surface area contributed by atoms with Crippen molar-refractivity contribution in [3.05, 3.63) is 48.0 Å². The number of ether oxygens (including phenoxy) is 2. The summed E-state index contributed by atoms with van der Waals surface area (Å²) in [5, 5.41) is 0. The Balaban J connectivity index is 1.92. The van der Waals surface area contributed by atoms with E-state index in [1.165, 1.54) is 53.9 Å². The molecule has 0 saturated carbocycles. The van der Waals surface area contributed by atoms with Crippen molar-refractivity contribution in [2.24, 2.45) is 0 Å². The maximum absolute atomic E-state index is 13.0. The summed E-state index contributed by atoms with van der Waals surface area (Å²) in [5.41, 5.74) is 0.782. The van der Waals surface area contributed by atoms with Gasteiger partial charge in [0.05, 0.1) is 30.7 Å². The topological polar surface area (TPSA) is 119 Å². The van der Waals surface area contributed by atoms with Crippen LogP contribution in [-0.4, -0.2) is 48.8 Å². The largest absolute Gasteiger partial charge is 0.495 e. The van der Waals surface area contributed by atoms with Crippen molar-refractivity contribution in [2.75, 3.05) is 35.0 Å². The number of anilines is 2. The zero-order chi connectivity index (χ0) is 22.6. The van der Waals surface area contributed by atoms with E-state index in [2.05, 4.69) is 4.72 Å². The average molecular weight is 469 g/mol. The molecular weight excluding hydrogens is 444 g/mol. The summed E-state index contributed by atoms with van der Waals surface area (Å²) >= 11 is 0. The molecule has 0 spiro atoms. The predicted molar refractivity (Wildman–Crippen MR) is 117 cm³/mol. The molecule has 1 saturated heterocycles. The third kappa shape index (κ3) is 5.10. The van der Waals surface area contributed by atoms with Gasteiger partial charge in [-0.25, -0.2) is 21.6 Å². The van der Waals surface area contributed by atoms with Crippen molar-refractivity contribution in [1.29, 1.82) is 0 Å². The summed E-state index contributed by atoms with van der Waals surface area (Å²) in [7, 11) is -6.28.